The van der Waals surface area contributed by atoms with Crippen molar-refractivity contribution in [2.24, 2.45) is 28.2 Å². The first-order valence-corrected chi connectivity index (χ1v) is 10.0. The smallest absolute Gasteiger partial charge is 0.139 e. The maximum absolute atomic E-state index is 13.6. The van der Waals surface area contributed by atoms with E-state index in [0.717, 1.165) is 58.5 Å². The number of Topliss-reactive ketones (excluding diaryl/α,β-unsaturated/α-hetero) is 1. The van der Waals surface area contributed by atoms with Crippen molar-refractivity contribution >= 4 is 5.78 Å². The molecule has 5 aliphatic rings. The third-order valence-corrected chi connectivity index (χ3v) is 7.29. The Labute approximate surface area is 154 Å². The summed E-state index contributed by atoms with van der Waals surface area (Å²) in [7, 11) is 0. The monoisotopic (exact) mass is 366 g/mol. The van der Waals surface area contributed by atoms with Gasteiger partial charge in [-0.25, -0.2) is 0 Å². The number of carbonyl (C=O) groups excluding carboxylic acids is 1. The van der Waals surface area contributed by atoms with E-state index in [4.69, 9.17) is 30.4 Å². The normalized spacial score (nSPS) is 49.3. The van der Waals surface area contributed by atoms with E-state index in [9.17, 15) is 4.79 Å². The molecule has 0 radical (unpaired) electrons. The number of nitrogens with two attached hydrogens (primary N) is 2. The number of hydrogen-bond acceptors (Lipinski definition) is 7. The van der Waals surface area contributed by atoms with E-state index in [2.05, 4.69) is 0 Å². The molecule has 7 heteroatoms. The van der Waals surface area contributed by atoms with Gasteiger partial charge in [0.25, 0.3) is 0 Å². The Kier molecular flexibility index (Phi) is 4.19. The standard InChI is InChI=1S/C19H30N2O5/c20-17(21)15-1-2-16(22)19(5-13-9-25-13,6-14-10-26-14)18(15,3-11-7-23-11)4-12-8-24-12/h11-15,17H,1-10,20-21H2. The van der Waals surface area contributed by atoms with Gasteiger partial charge in [0, 0.05) is 11.8 Å². The Bertz CT molecular complexity index is 538. The number of rotatable bonds is 9. The van der Waals surface area contributed by atoms with Gasteiger partial charge in [-0.1, -0.05) is 0 Å². The predicted molar refractivity (Wildman–Crippen MR) is 92.2 cm³/mol. The molecule has 4 aliphatic heterocycles. The fraction of sp³-hybridized carbons (Fsp3) is 0.947. The lowest BCUT2D eigenvalue weighted by Crippen LogP contribution is -2.62. The van der Waals surface area contributed by atoms with Crippen LogP contribution in [0.4, 0.5) is 0 Å². The van der Waals surface area contributed by atoms with Crippen LogP contribution in [0.15, 0.2) is 0 Å². The first-order valence-electron chi connectivity index (χ1n) is 10.0. The van der Waals surface area contributed by atoms with Crippen molar-refractivity contribution in [1.29, 1.82) is 0 Å². The van der Waals surface area contributed by atoms with Crippen LogP contribution in [-0.4, -0.2) is 62.8 Å². The molecule has 5 fully saturated rings. The van der Waals surface area contributed by atoms with E-state index in [1.54, 1.807) is 0 Å². The number of ketones is 1. The third-order valence-electron chi connectivity index (χ3n) is 7.29. The summed E-state index contributed by atoms with van der Waals surface area (Å²) in [6, 6.07) is 0. The average Bonchev–Trinajstić information content (AvgIpc) is 3.43. The molecule has 4 heterocycles. The lowest BCUT2D eigenvalue weighted by molar-refractivity contribution is -0.160. The van der Waals surface area contributed by atoms with Gasteiger partial charge in [-0.15, -0.1) is 0 Å². The van der Waals surface area contributed by atoms with Crippen LogP contribution in [0.25, 0.3) is 0 Å². The van der Waals surface area contributed by atoms with E-state index in [1.807, 2.05) is 0 Å². The van der Waals surface area contributed by atoms with E-state index in [-0.39, 0.29) is 35.7 Å². The van der Waals surface area contributed by atoms with Gasteiger partial charge in [0.2, 0.25) is 0 Å². The molecule has 5 unspecified atom stereocenters. The van der Waals surface area contributed by atoms with Crippen molar-refractivity contribution in [2.75, 3.05) is 26.4 Å². The largest absolute Gasteiger partial charge is 0.373 e. The molecule has 5 atom stereocenters. The maximum Gasteiger partial charge on any atom is 0.139 e. The molecule has 146 valence electrons. The van der Waals surface area contributed by atoms with Crippen molar-refractivity contribution in [3.63, 3.8) is 0 Å². The molecule has 7 nitrogen and oxygen atoms in total. The van der Waals surface area contributed by atoms with E-state index in [0.29, 0.717) is 12.2 Å². The summed E-state index contributed by atoms with van der Waals surface area (Å²) in [4.78, 5) is 13.6. The summed E-state index contributed by atoms with van der Waals surface area (Å²) in [5.74, 6) is 0.438. The van der Waals surface area contributed by atoms with Crippen molar-refractivity contribution in [1.82, 2.24) is 0 Å². The Balaban J connectivity index is 1.59. The molecule has 4 N–H and O–H groups in total. The molecule has 0 aromatic carbocycles. The molecule has 0 aromatic rings. The number of ether oxygens (including phenoxy) is 4. The highest BCUT2D eigenvalue weighted by Crippen LogP contribution is 2.64. The molecular weight excluding hydrogens is 336 g/mol. The van der Waals surface area contributed by atoms with Gasteiger partial charge < -0.3 is 30.4 Å². The van der Waals surface area contributed by atoms with Crippen LogP contribution in [0.5, 0.6) is 0 Å². The van der Waals surface area contributed by atoms with Crippen LogP contribution in [-0.2, 0) is 23.7 Å². The zero-order chi connectivity index (χ0) is 17.9. The van der Waals surface area contributed by atoms with Crippen molar-refractivity contribution < 1.29 is 23.7 Å². The number of carbonyl (C=O) groups is 1. The lowest BCUT2D eigenvalue weighted by atomic mass is 9.45. The molecular formula is C19H30N2O5. The number of epoxide rings is 4. The summed E-state index contributed by atoms with van der Waals surface area (Å²) in [5, 5.41) is 0. The van der Waals surface area contributed by atoms with Crippen LogP contribution >= 0.6 is 0 Å². The Morgan fingerprint density at radius 2 is 1.27 bits per heavy atom. The van der Waals surface area contributed by atoms with E-state index >= 15 is 0 Å². The summed E-state index contributed by atoms with van der Waals surface area (Å²) >= 11 is 0. The fourth-order valence-electron chi connectivity index (χ4n) is 5.82. The molecule has 5 rings (SSSR count). The highest BCUT2D eigenvalue weighted by Gasteiger charge is 2.66. The van der Waals surface area contributed by atoms with Gasteiger partial charge in [0.15, 0.2) is 0 Å². The highest BCUT2D eigenvalue weighted by atomic mass is 16.6. The van der Waals surface area contributed by atoms with Gasteiger partial charge in [-0.05, 0) is 43.4 Å². The lowest BCUT2D eigenvalue weighted by Gasteiger charge is -2.58. The van der Waals surface area contributed by atoms with Gasteiger partial charge in [-0.2, -0.15) is 0 Å². The minimum absolute atomic E-state index is 0.0890. The van der Waals surface area contributed by atoms with Crippen molar-refractivity contribution in [3.8, 4) is 0 Å². The average molecular weight is 366 g/mol. The molecule has 0 amide bonds. The second kappa shape index (κ2) is 6.22. The summed E-state index contributed by atoms with van der Waals surface area (Å²) in [5.41, 5.74) is 11.8. The SMILES string of the molecule is NC(N)C1CCC(=O)C(CC2CO2)(CC2CO2)C1(CC1CO1)CC1CO1. The first-order chi connectivity index (χ1) is 12.5. The Morgan fingerprint density at radius 1 is 0.846 bits per heavy atom. The molecule has 0 spiro atoms. The minimum atomic E-state index is -0.493. The second-order valence-electron chi connectivity index (χ2n) is 9.02. The zero-order valence-corrected chi connectivity index (χ0v) is 15.2. The molecule has 1 saturated carbocycles. The van der Waals surface area contributed by atoms with Crippen LogP contribution in [0, 0.1) is 16.7 Å². The van der Waals surface area contributed by atoms with E-state index < -0.39 is 11.6 Å². The van der Waals surface area contributed by atoms with Crippen molar-refractivity contribution in [2.45, 2.75) is 69.1 Å². The molecule has 1 aliphatic carbocycles. The van der Waals surface area contributed by atoms with Crippen LogP contribution in [0.2, 0.25) is 0 Å². The Morgan fingerprint density at radius 3 is 1.65 bits per heavy atom. The third kappa shape index (κ3) is 3.12. The van der Waals surface area contributed by atoms with Gasteiger partial charge in [-0.3, -0.25) is 4.79 Å². The quantitative estimate of drug-likeness (QED) is 0.446. The molecule has 0 bridgehead atoms. The predicted octanol–water partition coefficient (Wildman–Crippen LogP) is 0.337. The van der Waals surface area contributed by atoms with Crippen molar-refractivity contribution in [3.05, 3.63) is 0 Å². The van der Waals surface area contributed by atoms with Crippen LogP contribution in [0.3, 0.4) is 0 Å². The summed E-state index contributed by atoms with van der Waals surface area (Å²) in [6.45, 7) is 3.03. The summed E-state index contributed by atoms with van der Waals surface area (Å²) in [6.07, 6.45) is 4.82. The summed E-state index contributed by atoms with van der Waals surface area (Å²) < 4.78 is 22.5. The maximum atomic E-state index is 13.6. The molecule has 0 aromatic heterocycles. The molecule has 26 heavy (non-hydrogen) atoms. The Hall–Kier alpha value is -0.570. The van der Waals surface area contributed by atoms with Gasteiger partial charge >= 0.3 is 0 Å². The second-order valence-corrected chi connectivity index (χ2v) is 9.02. The van der Waals surface area contributed by atoms with Gasteiger partial charge in [0.05, 0.1) is 57.0 Å². The number of hydrogen-bond donors (Lipinski definition) is 2. The molecule has 4 saturated heterocycles. The van der Waals surface area contributed by atoms with E-state index in [1.165, 1.54) is 0 Å². The first kappa shape index (κ1) is 17.5. The van der Waals surface area contributed by atoms with Gasteiger partial charge in [0.1, 0.15) is 5.78 Å². The van der Waals surface area contributed by atoms with Crippen LogP contribution < -0.4 is 11.5 Å². The minimum Gasteiger partial charge on any atom is -0.373 e. The van der Waals surface area contributed by atoms with Crippen LogP contribution in [0.1, 0.15) is 38.5 Å². The highest BCUT2D eigenvalue weighted by molar-refractivity contribution is 5.87. The topological polar surface area (TPSA) is 119 Å². The fourth-order valence-corrected chi connectivity index (χ4v) is 5.82. The zero-order valence-electron chi connectivity index (χ0n) is 15.2.